The van der Waals surface area contributed by atoms with Gasteiger partial charge in [0.15, 0.2) is 0 Å². The maximum absolute atomic E-state index is 13.6. The number of carboxylic acids is 1. The number of benzene rings is 1. The normalized spacial score (nSPS) is 12.2. The number of nitrogens with one attached hydrogen (secondary N) is 1. The van der Waals surface area contributed by atoms with E-state index in [9.17, 15) is 14.0 Å². The molecule has 1 aromatic rings. The van der Waals surface area contributed by atoms with Crippen LogP contribution in [0.1, 0.15) is 20.3 Å². The molecule has 1 amide bonds. The highest BCUT2D eigenvalue weighted by Gasteiger charge is 2.23. The molecule has 0 aliphatic rings. The van der Waals surface area contributed by atoms with Gasteiger partial charge in [-0.3, -0.25) is 14.5 Å². The van der Waals surface area contributed by atoms with Gasteiger partial charge in [0.2, 0.25) is 5.91 Å². The number of carbonyl (C=O) groups is 2. The van der Waals surface area contributed by atoms with Crippen LogP contribution in [0.4, 0.5) is 10.1 Å². The molecule has 1 atom stereocenters. The summed E-state index contributed by atoms with van der Waals surface area (Å²) < 4.78 is 13.6. The summed E-state index contributed by atoms with van der Waals surface area (Å²) >= 11 is 5.75. The number of anilines is 1. The summed E-state index contributed by atoms with van der Waals surface area (Å²) in [6.45, 7) is 3.67. The second kappa shape index (κ2) is 7.95. The third kappa shape index (κ3) is 5.32. The Labute approximate surface area is 127 Å². The molecule has 2 N–H and O–H groups in total. The van der Waals surface area contributed by atoms with E-state index in [0.717, 1.165) is 6.07 Å². The average molecular weight is 317 g/mol. The molecule has 0 radical (unpaired) electrons. The SMILES string of the molecule is CCCN(CC(=O)O)C(C)C(=O)Nc1cc(Cl)ccc1F. The van der Waals surface area contributed by atoms with Crippen molar-refractivity contribution < 1.29 is 19.1 Å². The zero-order chi connectivity index (χ0) is 16.0. The first-order valence-corrected chi connectivity index (χ1v) is 6.94. The van der Waals surface area contributed by atoms with E-state index >= 15 is 0 Å². The lowest BCUT2D eigenvalue weighted by Gasteiger charge is -2.26. The average Bonchev–Trinajstić information content (AvgIpc) is 2.41. The van der Waals surface area contributed by atoms with E-state index in [1.54, 1.807) is 6.92 Å². The standard InChI is InChI=1S/C14H18ClFN2O3/c1-3-6-18(8-13(19)20)9(2)14(21)17-12-7-10(15)4-5-11(12)16/h4-5,7,9H,3,6,8H2,1-2H3,(H,17,21)(H,19,20). The van der Waals surface area contributed by atoms with E-state index < -0.39 is 23.7 Å². The van der Waals surface area contributed by atoms with Gasteiger partial charge >= 0.3 is 5.97 Å². The molecule has 0 aromatic heterocycles. The van der Waals surface area contributed by atoms with E-state index in [1.807, 2.05) is 6.92 Å². The van der Waals surface area contributed by atoms with Crippen LogP contribution in [-0.4, -0.2) is 41.0 Å². The van der Waals surface area contributed by atoms with Gasteiger partial charge in [-0.05, 0) is 38.1 Å². The van der Waals surface area contributed by atoms with Gasteiger partial charge in [0.05, 0.1) is 18.3 Å². The van der Waals surface area contributed by atoms with Gasteiger partial charge in [0.25, 0.3) is 0 Å². The second-order valence-corrected chi connectivity index (χ2v) is 5.09. The van der Waals surface area contributed by atoms with E-state index in [0.29, 0.717) is 18.0 Å². The van der Waals surface area contributed by atoms with Crippen LogP contribution in [-0.2, 0) is 9.59 Å². The molecule has 0 bridgehead atoms. The third-order valence-electron chi connectivity index (χ3n) is 2.96. The van der Waals surface area contributed by atoms with Crippen molar-refractivity contribution in [3.8, 4) is 0 Å². The monoisotopic (exact) mass is 316 g/mol. The number of aliphatic carboxylic acids is 1. The molecule has 0 spiro atoms. The number of amides is 1. The lowest BCUT2D eigenvalue weighted by molar-refractivity contribution is -0.139. The minimum atomic E-state index is -1.02. The minimum absolute atomic E-state index is 0.0221. The Balaban J connectivity index is 2.80. The van der Waals surface area contributed by atoms with Gasteiger partial charge in [-0.15, -0.1) is 0 Å². The summed E-state index contributed by atoms with van der Waals surface area (Å²) in [7, 11) is 0. The van der Waals surface area contributed by atoms with E-state index in [-0.39, 0.29) is 12.2 Å². The quantitative estimate of drug-likeness (QED) is 0.811. The fraction of sp³-hybridized carbons (Fsp3) is 0.429. The number of nitrogens with zero attached hydrogens (tertiary/aromatic N) is 1. The van der Waals surface area contributed by atoms with Crippen molar-refractivity contribution in [3.05, 3.63) is 29.0 Å². The summed E-state index contributed by atoms with van der Waals surface area (Å²) in [5.74, 6) is -2.09. The predicted molar refractivity (Wildman–Crippen MR) is 79.0 cm³/mol. The van der Waals surface area contributed by atoms with Crippen molar-refractivity contribution in [1.82, 2.24) is 4.90 Å². The molecule has 0 saturated carbocycles. The number of carbonyl (C=O) groups excluding carboxylic acids is 1. The highest BCUT2D eigenvalue weighted by atomic mass is 35.5. The number of rotatable bonds is 7. The highest BCUT2D eigenvalue weighted by molar-refractivity contribution is 6.30. The van der Waals surface area contributed by atoms with Crippen LogP contribution in [0.3, 0.4) is 0 Å². The van der Waals surface area contributed by atoms with E-state index in [4.69, 9.17) is 16.7 Å². The molecule has 7 heteroatoms. The maximum atomic E-state index is 13.6. The van der Waals surface area contributed by atoms with E-state index in [1.165, 1.54) is 17.0 Å². The first-order chi connectivity index (χ1) is 9.85. The first-order valence-electron chi connectivity index (χ1n) is 6.57. The maximum Gasteiger partial charge on any atom is 0.317 e. The van der Waals surface area contributed by atoms with Crippen molar-refractivity contribution in [2.24, 2.45) is 0 Å². The van der Waals surface area contributed by atoms with Gasteiger partial charge < -0.3 is 10.4 Å². The van der Waals surface area contributed by atoms with Crippen LogP contribution in [0.5, 0.6) is 0 Å². The molecule has 0 fully saturated rings. The Bertz CT molecular complexity index is 525. The molecule has 5 nitrogen and oxygen atoms in total. The van der Waals surface area contributed by atoms with Crippen molar-refractivity contribution in [3.63, 3.8) is 0 Å². The van der Waals surface area contributed by atoms with Crippen molar-refractivity contribution in [2.45, 2.75) is 26.3 Å². The Morgan fingerprint density at radius 1 is 1.48 bits per heavy atom. The summed E-state index contributed by atoms with van der Waals surface area (Å²) in [4.78, 5) is 24.5. The van der Waals surface area contributed by atoms with Gasteiger partial charge in [0.1, 0.15) is 5.82 Å². The van der Waals surface area contributed by atoms with Crippen molar-refractivity contribution >= 4 is 29.2 Å². The molecule has 1 rings (SSSR count). The van der Waals surface area contributed by atoms with E-state index in [2.05, 4.69) is 5.32 Å². The van der Waals surface area contributed by atoms with Crippen molar-refractivity contribution in [1.29, 1.82) is 0 Å². The molecule has 21 heavy (non-hydrogen) atoms. The number of hydrogen-bond acceptors (Lipinski definition) is 3. The van der Waals surface area contributed by atoms with Crippen LogP contribution in [0.15, 0.2) is 18.2 Å². The van der Waals surface area contributed by atoms with Gasteiger partial charge in [-0.2, -0.15) is 0 Å². The topological polar surface area (TPSA) is 69.6 Å². The molecule has 116 valence electrons. The molecule has 0 aliphatic heterocycles. The van der Waals surface area contributed by atoms with Gasteiger partial charge in [-0.25, -0.2) is 4.39 Å². The molecule has 0 heterocycles. The van der Waals surface area contributed by atoms with Gasteiger partial charge in [-0.1, -0.05) is 18.5 Å². The Hall–Kier alpha value is -1.66. The van der Waals surface area contributed by atoms with Crippen LogP contribution in [0, 0.1) is 5.82 Å². The smallest absolute Gasteiger partial charge is 0.317 e. The number of carboxylic acid groups (broad SMARTS) is 1. The minimum Gasteiger partial charge on any atom is -0.480 e. The number of halogens is 2. The molecular formula is C14H18ClFN2O3. The van der Waals surface area contributed by atoms with Crippen LogP contribution < -0.4 is 5.32 Å². The molecular weight excluding hydrogens is 299 g/mol. The van der Waals surface area contributed by atoms with Crippen LogP contribution >= 0.6 is 11.6 Å². The Kier molecular flexibility index (Phi) is 6.58. The third-order valence-corrected chi connectivity index (χ3v) is 3.20. The first kappa shape index (κ1) is 17.4. The second-order valence-electron chi connectivity index (χ2n) is 4.65. The Morgan fingerprint density at radius 2 is 2.14 bits per heavy atom. The zero-order valence-corrected chi connectivity index (χ0v) is 12.7. The summed E-state index contributed by atoms with van der Waals surface area (Å²) in [5.41, 5.74) is -0.0221. The molecule has 1 aromatic carbocycles. The fourth-order valence-electron chi connectivity index (χ4n) is 1.87. The molecule has 0 aliphatic carbocycles. The van der Waals surface area contributed by atoms with Crippen LogP contribution in [0.2, 0.25) is 5.02 Å². The van der Waals surface area contributed by atoms with Crippen molar-refractivity contribution in [2.75, 3.05) is 18.4 Å². The Morgan fingerprint density at radius 3 is 2.71 bits per heavy atom. The lowest BCUT2D eigenvalue weighted by atomic mass is 10.2. The summed E-state index contributed by atoms with van der Waals surface area (Å²) in [6, 6.07) is 3.15. The highest BCUT2D eigenvalue weighted by Crippen LogP contribution is 2.20. The molecule has 0 saturated heterocycles. The van der Waals surface area contributed by atoms with Crippen LogP contribution in [0.25, 0.3) is 0 Å². The fourth-order valence-corrected chi connectivity index (χ4v) is 2.04. The van der Waals surface area contributed by atoms with Gasteiger partial charge in [0, 0.05) is 5.02 Å². The lowest BCUT2D eigenvalue weighted by Crippen LogP contribution is -2.45. The summed E-state index contributed by atoms with van der Waals surface area (Å²) in [5, 5.41) is 11.6. The zero-order valence-electron chi connectivity index (χ0n) is 11.9. The molecule has 1 unspecified atom stereocenters. The largest absolute Gasteiger partial charge is 0.480 e. The summed E-state index contributed by atoms with van der Waals surface area (Å²) in [6.07, 6.45) is 0.705. The number of hydrogen-bond donors (Lipinski definition) is 2. The predicted octanol–water partition coefficient (Wildman–Crippen LogP) is 2.60.